The number of nitrogens with zero attached hydrogens (tertiary/aromatic N) is 4. The molecule has 254 valence electrons. The van der Waals surface area contributed by atoms with Crippen molar-refractivity contribution in [3.05, 3.63) is 77.9 Å². The van der Waals surface area contributed by atoms with Crippen LogP contribution < -0.4 is 14.8 Å². The van der Waals surface area contributed by atoms with E-state index in [1.54, 1.807) is 42.5 Å². The molecular weight excluding hydrogens is 620 g/mol. The van der Waals surface area contributed by atoms with E-state index in [2.05, 4.69) is 20.0 Å². The molecule has 3 fully saturated rings. The fourth-order valence-electron chi connectivity index (χ4n) is 6.77. The maximum atomic E-state index is 13.7. The third-order valence-corrected chi connectivity index (χ3v) is 9.44. The van der Waals surface area contributed by atoms with Crippen LogP contribution in [-0.4, -0.2) is 69.3 Å². The van der Waals surface area contributed by atoms with E-state index in [1.165, 1.54) is 36.7 Å². The molecule has 12 heteroatoms. The second-order valence-corrected chi connectivity index (χ2v) is 12.9. The predicted octanol–water partition coefficient (Wildman–Crippen LogP) is 6.08. The lowest BCUT2D eigenvalue weighted by molar-refractivity contribution is -0.136. The molecule has 2 saturated carbocycles. The smallest absolute Gasteiger partial charge is 0.387 e. The van der Waals surface area contributed by atoms with E-state index in [-0.39, 0.29) is 54.3 Å². The van der Waals surface area contributed by atoms with E-state index >= 15 is 0 Å². The number of carbonyl (C=O) groups is 3. The Balaban J connectivity index is 1.13. The molecule has 1 aromatic carbocycles. The van der Waals surface area contributed by atoms with Gasteiger partial charge in [-0.25, -0.2) is 4.98 Å². The zero-order valence-corrected chi connectivity index (χ0v) is 27.0. The summed E-state index contributed by atoms with van der Waals surface area (Å²) in [5, 5.41) is 2.92. The van der Waals surface area contributed by atoms with Crippen molar-refractivity contribution in [2.45, 2.75) is 89.4 Å². The number of alkyl halides is 2. The number of ether oxygens (including phenoxy) is 2. The van der Waals surface area contributed by atoms with Crippen LogP contribution in [-0.2, 0) is 16.1 Å². The summed E-state index contributed by atoms with van der Waals surface area (Å²) in [7, 11) is 0. The van der Waals surface area contributed by atoms with Gasteiger partial charge >= 0.3 is 6.61 Å². The van der Waals surface area contributed by atoms with Crippen LogP contribution in [0.3, 0.4) is 0 Å². The number of pyridine rings is 2. The highest BCUT2D eigenvalue weighted by molar-refractivity contribution is 5.92. The molecule has 1 saturated heterocycles. The van der Waals surface area contributed by atoms with E-state index in [0.29, 0.717) is 35.0 Å². The van der Waals surface area contributed by atoms with Gasteiger partial charge in [-0.05, 0) is 80.0 Å². The van der Waals surface area contributed by atoms with E-state index < -0.39 is 12.7 Å². The SMILES string of the molecule is CC(=O)N1CC(c2ccc(OC(F)F)c(Oc3ccncc3)c2)C[C@@H]1C(=O)NCc1cccc(C(=O)N(CC2CC2)C2CCCCC2)n1. The summed E-state index contributed by atoms with van der Waals surface area (Å²) in [6, 6.07) is 12.6. The summed E-state index contributed by atoms with van der Waals surface area (Å²) in [6.07, 6.45) is 11.2. The van der Waals surface area contributed by atoms with Crippen molar-refractivity contribution >= 4 is 17.7 Å². The topological polar surface area (TPSA) is 114 Å². The van der Waals surface area contributed by atoms with Crippen LogP contribution in [0.1, 0.15) is 86.0 Å². The molecule has 10 nitrogen and oxygen atoms in total. The summed E-state index contributed by atoms with van der Waals surface area (Å²) in [5.74, 6) is -0.00388. The monoisotopic (exact) mass is 661 g/mol. The van der Waals surface area contributed by atoms with Gasteiger partial charge in [0.2, 0.25) is 11.8 Å². The third-order valence-electron chi connectivity index (χ3n) is 9.44. The minimum atomic E-state index is -3.05. The quantitative estimate of drug-likeness (QED) is 0.251. The summed E-state index contributed by atoms with van der Waals surface area (Å²) in [4.78, 5) is 52.0. The molecule has 0 spiro atoms. The molecule has 2 aliphatic carbocycles. The minimum Gasteiger partial charge on any atom is -0.453 e. The van der Waals surface area contributed by atoms with Crippen LogP contribution in [0.2, 0.25) is 0 Å². The fourth-order valence-corrected chi connectivity index (χ4v) is 6.77. The van der Waals surface area contributed by atoms with Crippen LogP contribution >= 0.6 is 0 Å². The maximum absolute atomic E-state index is 13.7. The van der Waals surface area contributed by atoms with Crippen molar-refractivity contribution in [2.75, 3.05) is 13.1 Å². The Kier molecular flexibility index (Phi) is 10.5. The van der Waals surface area contributed by atoms with Gasteiger partial charge in [-0.2, -0.15) is 8.78 Å². The predicted molar refractivity (Wildman–Crippen MR) is 173 cm³/mol. The number of halogens is 2. The molecule has 0 radical (unpaired) electrons. The van der Waals surface area contributed by atoms with E-state index in [0.717, 1.165) is 45.1 Å². The van der Waals surface area contributed by atoms with Crippen molar-refractivity contribution in [1.82, 2.24) is 25.1 Å². The van der Waals surface area contributed by atoms with Gasteiger partial charge in [-0.15, -0.1) is 0 Å². The molecule has 1 N–H and O–H groups in total. The van der Waals surface area contributed by atoms with E-state index in [1.807, 2.05) is 4.90 Å². The third kappa shape index (κ3) is 8.26. The molecule has 48 heavy (non-hydrogen) atoms. The zero-order valence-electron chi connectivity index (χ0n) is 27.0. The molecule has 2 atom stereocenters. The average Bonchev–Trinajstić information content (AvgIpc) is 3.81. The van der Waals surface area contributed by atoms with Gasteiger partial charge in [0.1, 0.15) is 17.5 Å². The van der Waals surface area contributed by atoms with Gasteiger partial charge in [-0.1, -0.05) is 31.4 Å². The Labute approximate surface area is 278 Å². The molecule has 3 aromatic rings. The van der Waals surface area contributed by atoms with Crippen LogP contribution in [0.15, 0.2) is 60.9 Å². The molecule has 1 aliphatic heterocycles. The first-order valence-electron chi connectivity index (χ1n) is 16.7. The number of likely N-dealkylation sites (tertiary alicyclic amines) is 1. The average molecular weight is 662 g/mol. The number of rotatable bonds is 12. The Morgan fingerprint density at radius 1 is 1.00 bits per heavy atom. The maximum Gasteiger partial charge on any atom is 0.387 e. The molecule has 3 amide bonds. The molecule has 2 aromatic heterocycles. The van der Waals surface area contributed by atoms with Crippen LogP contribution in [0, 0.1) is 5.92 Å². The van der Waals surface area contributed by atoms with Crippen molar-refractivity contribution < 1.29 is 32.6 Å². The second kappa shape index (κ2) is 15.1. The van der Waals surface area contributed by atoms with Crippen LogP contribution in [0.4, 0.5) is 8.78 Å². The first kappa shape index (κ1) is 33.3. The first-order valence-corrected chi connectivity index (χ1v) is 16.7. The van der Waals surface area contributed by atoms with Gasteiger partial charge in [0.15, 0.2) is 11.5 Å². The lowest BCUT2D eigenvalue weighted by atomic mass is 9.93. The largest absolute Gasteiger partial charge is 0.453 e. The lowest BCUT2D eigenvalue weighted by Crippen LogP contribution is -2.45. The molecule has 3 heterocycles. The summed E-state index contributed by atoms with van der Waals surface area (Å²) < 4.78 is 36.8. The van der Waals surface area contributed by atoms with Crippen molar-refractivity contribution in [2.24, 2.45) is 5.92 Å². The molecule has 0 bridgehead atoms. The van der Waals surface area contributed by atoms with Crippen molar-refractivity contribution in [3.63, 3.8) is 0 Å². The van der Waals surface area contributed by atoms with Gasteiger partial charge in [0.05, 0.1) is 12.2 Å². The van der Waals surface area contributed by atoms with Gasteiger partial charge in [0.25, 0.3) is 5.91 Å². The molecule has 1 unspecified atom stereocenters. The van der Waals surface area contributed by atoms with Gasteiger partial charge in [-0.3, -0.25) is 19.4 Å². The molecule has 3 aliphatic rings. The number of aromatic nitrogens is 2. The standard InChI is InChI=1S/C36H41F2N5O5/c1-23(44)42-22-26(25-12-13-32(48-36(37)38)33(19-25)47-29-14-16-39-17-15-29)18-31(42)34(45)40-20-27-6-5-9-30(41-27)35(46)43(21-24-10-11-24)28-7-3-2-4-8-28/h5-6,9,12-17,19,24,26,28,31,36H,2-4,7-8,10-11,18,20-22H2,1H3,(H,40,45)/t26?,31-/m1/s1. The van der Waals surface area contributed by atoms with Crippen molar-refractivity contribution in [3.8, 4) is 17.2 Å². The van der Waals surface area contributed by atoms with E-state index in [9.17, 15) is 23.2 Å². The summed E-state index contributed by atoms with van der Waals surface area (Å²) in [6.45, 7) is -0.499. The number of hydrogen-bond donors (Lipinski definition) is 1. The van der Waals surface area contributed by atoms with Gasteiger partial charge in [0, 0.05) is 44.4 Å². The number of nitrogens with one attached hydrogen (secondary N) is 1. The second-order valence-electron chi connectivity index (χ2n) is 12.9. The highest BCUT2D eigenvalue weighted by atomic mass is 19.3. The Hall–Kier alpha value is -4.61. The number of hydrogen-bond acceptors (Lipinski definition) is 7. The van der Waals surface area contributed by atoms with Crippen LogP contribution in [0.5, 0.6) is 17.2 Å². The van der Waals surface area contributed by atoms with Crippen LogP contribution in [0.25, 0.3) is 0 Å². The molecular formula is C36H41F2N5O5. The lowest BCUT2D eigenvalue weighted by Gasteiger charge is -2.34. The molecule has 6 rings (SSSR count). The van der Waals surface area contributed by atoms with Gasteiger partial charge < -0.3 is 24.6 Å². The number of benzene rings is 1. The van der Waals surface area contributed by atoms with E-state index in [4.69, 9.17) is 4.74 Å². The Morgan fingerprint density at radius 3 is 2.48 bits per heavy atom. The Morgan fingerprint density at radius 2 is 1.77 bits per heavy atom. The fraction of sp³-hybridized carbons (Fsp3) is 0.472. The summed E-state index contributed by atoms with van der Waals surface area (Å²) in [5.41, 5.74) is 1.65. The highest BCUT2D eigenvalue weighted by Crippen LogP contribution is 2.39. The first-order chi connectivity index (χ1) is 23.2. The normalized spacial score (nSPS) is 19.6. The Bertz CT molecular complexity index is 1600. The number of carbonyl (C=O) groups excluding carboxylic acids is 3. The van der Waals surface area contributed by atoms with Crippen molar-refractivity contribution in [1.29, 1.82) is 0 Å². The minimum absolute atomic E-state index is 0.0550. The zero-order chi connectivity index (χ0) is 33.6. The number of amides is 3. The highest BCUT2D eigenvalue weighted by Gasteiger charge is 2.39. The summed E-state index contributed by atoms with van der Waals surface area (Å²) >= 11 is 0.